The Balaban J connectivity index is 1.81. The number of nitro groups is 1. The van der Waals surface area contributed by atoms with E-state index in [1.807, 2.05) is 6.07 Å². The van der Waals surface area contributed by atoms with Crippen molar-refractivity contribution in [3.63, 3.8) is 0 Å². The molecule has 2 aromatic carbocycles. The number of benzene rings is 2. The Labute approximate surface area is 160 Å². The predicted molar refractivity (Wildman–Crippen MR) is 101 cm³/mol. The Morgan fingerprint density at radius 1 is 1.22 bits per heavy atom. The summed E-state index contributed by atoms with van der Waals surface area (Å²) in [6.07, 6.45) is 2.59. The van der Waals surface area contributed by atoms with Crippen LogP contribution in [0.2, 0.25) is 5.02 Å². The molecule has 1 amide bonds. The third-order valence-corrected chi connectivity index (χ3v) is 3.95. The first-order chi connectivity index (χ1) is 12.9. The van der Waals surface area contributed by atoms with Gasteiger partial charge in [-0.1, -0.05) is 29.8 Å². The maximum absolute atomic E-state index is 11.9. The summed E-state index contributed by atoms with van der Waals surface area (Å²) >= 11 is 6.07. The van der Waals surface area contributed by atoms with Gasteiger partial charge in [-0.05, 0) is 42.3 Å². The monoisotopic (exact) mass is 388 g/mol. The van der Waals surface area contributed by atoms with E-state index in [0.29, 0.717) is 10.6 Å². The van der Waals surface area contributed by atoms with Crippen LogP contribution in [0, 0.1) is 10.1 Å². The Morgan fingerprint density at radius 3 is 2.52 bits per heavy atom. The molecule has 0 saturated heterocycles. The molecule has 2 aromatic rings. The third kappa shape index (κ3) is 6.23. The fraction of sp³-hybridized carbons (Fsp3) is 0.158. The molecule has 2 rings (SSSR count). The molecule has 0 aromatic heterocycles. The molecule has 0 bridgehead atoms. The number of esters is 1. The molecule has 0 spiro atoms. The topological polar surface area (TPSA) is 98.5 Å². The summed E-state index contributed by atoms with van der Waals surface area (Å²) in [6, 6.07) is 12.4. The van der Waals surface area contributed by atoms with Gasteiger partial charge in [0.15, 0.2) is 6.61 Å². The van der Waals surface area contributed by atoms with Gasteiger partial charge in [0, 0.05) is 23.2 Å². The average molecular weight is 389 g/mol. The van der Waals surface area contributed by atoms with E-state index in [0.717, 1.165) is 11.6 Å². The van der Waals surface area contributed by atoms with Crippen molar-refractivity contribution < 1.29 is 19.2 Å². The van der Waals surface area contributed by atoms with Crippen molar-refractivity contribution in [1.82, 2.24) is 5.32 Å². The molecule has 0 aliphatic heterocycles. The van der Waals surface area contributed by atoms with E-state index in [9.17, 15) is 19.7 Å². The van der Waals surface area contributed by atoms with Gasteiger partial charge >= 0.3 is 5.97 Å². The van der Waals surface area contributed by atoms with Gasteiger partial charge in [0.2, 0.25) is 0 Å². The normalized spacial score (nSPS) is 11.8. The number of non-ortho nitro benzene ring substituents is 1. The van der Waals surface area contributed by atoms with Crippen LogP contribution in [0.4, 0.5) is 5.69 Å². The number of nitrogens with zero attached hydrogens (tertiary/aromatic N) is 1. The van der Waals surface area contributed by atoms with E-state index in [2.05, 4.69) is 5.32 Å². The molecule has 27 heavy (non-hydrogen) atoms. The molecule has 0 unspecified atom stereocenters. The van der Waals surface area contributed by atoms with Gasteiger partial charge in [-0.25, -0.2) is 4.79 Å². The smallest absolute Gasteiger partial charge is 0.331 e. The van der Waals surface area contributed by atoms with Crippen LogP contribution in [0.3, 0.4) is 0 Å². The summed E-state index contributed by atoms with van der Waals surface area (Å²) in [5.41, 5.74) is 1.31. The van der Waals surface area contributed by atoms with Gasteiger partial charge in [0.1, 0.15) is 0 Å². The Morgan fingerprint density at radius 2 is 1.89 bits per heavy atom. The van der Waals surface area contributed by atoms with Crippen molar-refractivity contribution in [2.45, 2.75) is 13.0 Å². The van der Waals surface area contributed by atoms with Crippen molar-refractivity contribution in [3.05, 3.63) is 80.9 Å². The number of nitrogens with one attached hydrogen (secondary N) is 1. The summed E-state index contributed by atoms with van der Waals surface area (Å²) in [5.74, 6) is -1.16. The summed E-state index contributed by atoms with van der Waals surface area (Å²) in [4.78, 5) is 33.7. The molecule has 1 N–H and O–H groups in total. The lowest BCUT2D eigenvalue weighted by Crippen LogP contribution is -2.31. The lowest BCUT2D eigenvalue weighted by atomic mass is 10.1. The Hall–Kier alpha value is -3.19. The summed E-state index contributed by atoms with van der Waals surface area (Å²) in [6.45, 7) is 1.34. The van der Waals surface area contributed by atoms with Crippen LogP contribution >= 0.6 is 11.6 Å². The summed E-state index contributed by atoms with van der Waals surface area (Å²) in [5, 5.41) is 13.8. The zero-order chi connectivity index (χ0) is 19.8. The van der Waals surface area contributed by atoms with Crippen LogP contribution in [-0.4, -0.2) is 23.4 Å². The summed E-state index contributed by atoms with van der Waals surface area (Å²) in [7, 11) is 0. The second kappa shape index (κ2) is 9.49. The van der Waals surface area contributed by atoms with Crippen LogP contribution in [0.25, 0.3) is 6.08 Å². The zero-order valence-electron chi connectivity index (χ0n) is 14.4. The largest absolute Gasteiger partial charge is 0.452 e. The molecule has 0 radical (unpaired) electrons. The number of hydrogen-bond donors (Lipinski definition) is 1. The summed E-state index contributed by atoms with van der Waals surface area (Å²) < 4.78 is 4.88. The van der Waals surface area contributed by atoms with Crippen molar-refractivity contribution in [2.75, 3.05) is 6.61 Å². The number of nitro benzene ring substituents is 1. The minimum atomic E-state index is -0.700. The molecule has 1 atom stereocenters. The van der Waals surface area contributed by atoms with Crippen molar-refractivity contribution in [3.8, 4) is 0 Å². The number of rotatable bonds is 7. The van der Waals surface area contributed by atoms with E-state index in [1.165, 1.54) is 30.3 Å². The molecule has 0 aliphatic carbocycles. The number of carbonyl (C=O) groups excluding carboxylic acids is 2. The number of halogens is 1. The number of amides is 1. The first kappa shape index (κ1) is 20.1. The van der Waals surface area contributed by atoms with Crippen LogP contribution in [0.1, 0.15) is 24.1 Å². The molecule has 8 heteroatoms. The van der Waals surface area contributed by atoms with E-state index < -0.39 is 23.4 Å². The third-order valence-electron chi connectivity index (χ3n) is 3.61. The predicted octanol–water partition coefficient (Wildman–Crippen LogP) is 3.68. The van der Waals surface area contributed by atoms with Gasteiger partial charge < -0.3 is 10.1 Å². The zero-order valence-corrected chi connectivity index (χ0v) is 15.2. The van der Waals surface area contributed by atoms with E-state index in [1.54, 1.807) is 25.1 Å². The Bertz CT molecular complexity index is 865. The minimum absolute atomic E-state index is 0.0426. The van der Waals surface area contributed by atoms with Crippen LogP contribution < -0.4 is 5.32 Å². The molecule has 7 nitrogen and oxygen atoms in total. The standard InChI is InChI=1S/C19H17ClN2O5/c1-13(16-4-2-3-5-17(16)20)21-18(23)12-27-19(24)11-8-14-6-9-15(10-7-14)22(25)26/h2-11,13H,12H2,1H3,(H,21,23)/b11-8+/t13-/m1/s1. The molecular formula is C19H17ClN2O5. The molecule has 140 valence electrons. The van der Waals surface area contributed by atoms with Crippen LogP contribution in [0.15, 0.2) is 54.6 Å². The maximum Gasteiger partial charge on any atom is 0.331 e. The molecule has 0 fully saturated rings. The van der Waals surface area contributed by atoms with Gasteiger partial charge in [-0.15, -0.1) is 0 Å². The highest BCUT2D eigenvalue weighted by Gasteiger charge is 2.13. The lowest BCUT2D eigenvalue weighted by Gasteiger charge is -2.15. The SMILES string of the molecule is C[C@@H](NC(=O)COC(=O)/C=C/c1ccc([N+](=O)[O-])cc1)c1ccccc1Cl. The van der Waals surface area contributed by atoms with Crippen LogP contribution in [0.5, 0.6) is 0 Å². The molecule has 0 heterocycles. The first-order valence-electron chi connectivity index (χ1n) is 8.00. The Kier molecular flexibility index (Phi) is 7.08. The second-order valence-electron chi connectivity index (χ2n) is 5.60. The quantitative estimate of drug-likeness (QED) is 0.337. The average Bonchev–Trinajstić information content (AvgIpc) is 2.65. The van der Waals surface area contributed by atoms with Gasteiger partial charge in [-0.3, -0.25) is 14.9 Å². The number of ether oxygens (including phenoxy) is 1. The minimum Gasteiger partial charge on any atom is -0.452 e. The second-order valence-corrected chi connectivity index (χ2v) is 6.01. The van der Waals surface area contributed by atoms with Gasteiger partial charge in [-0.2, -0.15) is 0 Å². The van der Waals surface area contributed by atoms with Crippen molar-refractivity contribution >= 4 is 35.2 Å². The fourth-order valence-corrected chi connectivity index (χ4v) is 2.54. The number of hydrogen-bond acceptors (Lipinski definition) is 5. The molecular weight excluding hydrogens is 372 g/mol. The van der Waals surface area contributed by atoms with Gasteiger partial charge in [0.25, 0.3) is 11.6 Å². The molecule has 0 saturated carbocycles. The number of carbonyl (C=O) groups is 2. The van der Waals surface area contributed by atoms with Crippen molar-refractivity contribution in [2.24, 2.45) is 0 Å². The molecule has 0 aliphatic rings. The van der Waals surface area contributed by atoms with Crippen molar-refractivity contribution in [1.29, 1.82) is 0 Å². The maximum atomic E-state index is 11.9. The highest BCUT2D eigenvalue weighted by Crippen LogP contribution is 2.21. The van der Waals surface area contributed by atoms with Gasteiger partial charge in [0.05, 0.1) is 11.0 Å². The lowest BCUT2D eigenvalue weighted by molar-refractivity contribution is -0.384. The highest BCUT2D eigenvalue weighted by atomic mass is 35.5. The highest BCUT2D eigenvalue weighted by molar-refractivity contribution is 6.31. The van der Waals surface area contributed by atoms with E-state index in [4.69, 9.17) is 16.3 Å². The first-order valence-corrected chi connectivity index (χ1v) is 8.37. The fourth-order valence-electron chi connectivity index (χ4n) is 2.24. The van der Waals surface area contributed by atoms with E-state index >= 15 is 0 Å². The van der Waals surface area contributed by atoms with E-state index in [-0.39, 0.29) is 11.7 Å². The van der Waals surface area contributed by atoms with Crippen LogP contribution in [-0.2, 0) is 14.3 Å².